The molecule has 0 atom stereocenters. The monoisotopic (exact) mass is 427 g/mol. The van der Waals surface area contributed by atoms with Crippen LogP contribution < -0.4 is 16.2 Å². The number of aryl methyl sites for hydroxylation is 2. The van der Waals surface area contributed by atoms with Crippen LogP contribution in [0.1, 0.15) is 21.5 Å². The number of hydrogen-bond acceptors (Lipinski definition) is 4. The van der Waals surface area contributed by atoms with Gasteiger partial charge in [0.25, 0.3) is 5.91 Å². The average Bonchev–Trinajstić information content (AvgIpc) is 2.79. The van der Waals surface area contributed by atoms with Gasteiger partial charge in [-0.3, -0.25) is 20.6 Å². The Morgan fingerprint density at radius 1 is 0.903 bits per heavy atom. The first-order chi connectivity index (χ1) is 15.0. The molecule has 4 aromatic rings. The van der Waals surface area contributed by atoms with E-state index in [-0.39, 0.29) is 5.91 Å². The molecule has 2 aromatic carbocycles. The Kier molecular flexibility index (Phi) is 5.86. The number of thiocarbonyl (C=S) groups is 1. The molecule has 31 heavy (non-hydrogen) atoms. The number of nitrogens with one attached hydrogen (secondary N) is 3. The van der Waals surface area contributed by atoms with Crippen molar-refractivity contribution >= 4 is 39.8 Å². The first-order valence-corrected chi connectivity index (χ1v) is 10.2. The standard InChI is InChI=1S/C24H21N5OS/c1-15-7-8-18(13-16(15)2)26-24(31)29-28-23(30)20-14-22(17-9-11-25-12-10-17)27-21-6-4-3-5-19(20)21/h3-14H,1-2H3,(H,28,30)(H2,26,29,31). The highest BCUT2D eigenvalue weighted by Crippen LogP contribution is 2.24. The third kappa shape index (κ3) is 4.67. The fourth-order valence-electron chi connectivity index (χ4n) is 3.20. The second-order valence-corrected chi connectivity index (χ2v) is 7.55. The maximum Gasteiger partial charge on any atom is 0.270 e. The highest BCUT2D eigenvalue weighted by molar-refractivity contribution is 7.80. The molecule has 0 aliphatic heterocycles. The molecule has 154 valence electrons. The van der Waals surface area contributed by atoms with Crippen LogP contribution in [0, 0.1) is 13.8 Å². The van der Waals surface area contributed by atoms with E-state index < -0.39 is 0 Å². The number of pyridine rings is 2. The van der Waals surface area contributed by atoms with E-state index in [9.17, 15) is 4.79 Å². The smallest absolute Gasteiger partial charge is 0.270 e. The van der Waals surface area contributed by atoms with Gasteiger partial charge in [0.2, 0.25) is 0 Å². The first-order valence-electron chi connectivity index (χ1n) is 9.76. The van der Waals surface area contributed by atoms with Gasteiger partial charge in [-0.1, -0.05) is 24.3 Å². The van der Waals surface area contributed by atoms with Crippen molar-refractivity contribution in [3.05, 3.63) is 89.7 Å². The third-order valence-electron chi connectivity index (χ3n) is 4.99. The lowest BCUT2D eigenvalue weighted by atomic mass is 10.0. The first kappa shape index (κ1) is 20.4. The van der Waals surface area contributed by atoms with E-state index in [1.165, 1.54) is 5.56 Å². The minimum absolute atomic E-state index is 0.296. The summed E-state index contributed by atoms with van der Waals surface area (Å²) in [4.78, 5) is 21.7. The van der Waals surface area contributed by atoms with E-state index in [4.69, 9.17) is 12.2 Å². The Labute approximate surface area is 185 Å². The molecule has 2 heterocycles. The second-order valence-electron chi connectivity index (χ2n) is 7.14. The molecular formula is C24H21N5OS. The lowest BCUT2D eigenvalue weighted by molar-refractivity contribution is 0.0946. The van der Waals surface area contributed by atoms with E-state index in [1.54, 1.807) is 18.5 Å². The van der Waals surface area contributed by atoms with Crippen LogP contribution in [-0.2, 0) is 0 Å². The summed E-state index contributed by atoms with van der Waals surface area (Å²) in [7, 11) is 0. The largest absolute Gasteiger partial charge is 0.331 e. The number of rotatable bonds is 3. The molecule has 0 aliphatic rings. The zero-order chi connectivity index (χ0) is 21.8. The summed E-state index contributed by atoms with van der Waals surface area (Å²) in [6.45, 7) is 4.09. The van der Waals surface area contributed by atoms with E-state index in [0.29, 0.717) is 16.4 Å². The second kappa shape index (κ2) is 8.89. The van der Waals surface area contributed by atoms with Crippen LogP contribution in [0.25, 0.3) is 22.2 Å². The van der Waals surface area contributed by atoms with Gasteiger partial charge < -0.3 is 5.32 Å². The maximum atomic E-state index is 13.0. The summed E-state index contributed by atoms with van der Waals surface area (Å²) < 4.78 is 0. The van der Waals surface area contributed by atoms with E-state index in [2.05, 4.69) is 33.1 Å². The van der Waals surface area contributed by atoms with Gasteiger partial charge in [0, 0.05) is 29.0 Å². The summed E-state index contributed by atoms with van der Waals surface area (Å²) in [5.41, 5.74) is 11.5. The number of carbonyl (C=O) groups excluding carboxylic acids is 1. The quantitative estimate of drug-likeness (QED) is 0.329. The molecule has 6 nitrogen and oxygen atoms in total. The van der Waals surface area contributed by atoms with Gasteiger partial charge in [-0.05, 0) is 73.6 Å². The fourth-order valence-corrected chi connectivity index (χ4v) is 3.37. The van der Waals surface area contributed by atoms with Crippen LogP contribution in [-0.4, -0.2) is 21.0 Å². The molecule has 0 spiro atoms. The van der Waals surface area contributed by atoms with E-state index in [0.717, 1.165) is 27.7 Å². The Morgan fingerprint density at radius 2 is 1.68 bits per heavy atom. The molecule has 0 unspecified atom stereocenters. The van der Waals surface area contributed by atoms with Crippen LogP contribution in [0.2, 0.25) is 0 Å². The zero-order valence-corrected chi connectivity index (χ0v) is 18.0. The lowest BCUT2D eigenvalue weighted by Crippen LogP contribution is -2.43. The summed E-state index contributed by atoms with van der Waals surface area (Å²) in [6.07, 6.45) is 3.40. The number of anilines is 1. The molecular weight excluding hydrogens is 406 g/mol. The normalized spacial score (nSPS) is 10.5. The molecule has 7 heteroatoms. The highest BCUT2D eigenvalue weighted by atomic mass is 32.1. The summed E-state index contributed by atoms with van der Waals surface area (Å²) >= 11 is 5.32. The van der Waals surface area contributed by atoms with Crippen LogP contribution in [0.3, 0.4) is 0 Å². The van der Waals surface area contributed by atoms with Crippen LogP contribution >= 0.6 is 12.2 Å². The van der Waals surface area contributed by atoms with Gasteiger partial charge in [-0.15, -0.1) is 0 Å². The Balaban J connectivity index is 1.54. The van der Waals surface area contributed by atoms with Crippen molar-refractivity contribution < 1.29 is 4.79 Å². The van der Waals surface area contributed by atoms with Gasteiger partial charge in [0.1, 0.15) is 0 Å². The highest BCUT2D eigenvalue weighted by Gasteiger charge is 2.14. The number of nitrogens with zero attached hydrogens (tertiary/aromatic N) is 2. The number of hydrazine groups is 1. The predicted octanol–water partition coefficient (Wildman–Crippen LogP) is 4.55. The molecule has 0 fully saturated rings. The van der Waals surface area contributed by atoms with E-state index >= 15 is 0 Å². The molecule has 2 aromatic heterocycles. The number of benzene rings is 2. The SMILES string of the molecule is Cc1ccc(NC(=S)NNC(=O)c2cc(-c3ccncc3)nc3ccccc23)cc1C. The van der Waals surface area contributed by atoms with Gasteiger partial charge in [0.05, 0.1) is 16.8 Å². The predicted molar refractivity (Wildman–Crippen MR) is 128 cm³/mol. The summed E-state index contributed by atoms with van der Waals surface area (Å²) in [6, 6.07) is 19.0. The van der Waals surface area contributed by atoms with Crippen molar-refractivity contribution in [1.82, 2.24) is 20.8 Å². The van der Waals surface area contributed by atoms with Gasteiger partial charge >= 0.3 is 0 Å². The zero-order valence-electron chi connectivity index (χ0n) is 17.1. The topological polar surface area (TPSA) is 78.9 Å². The molecule has 0 bridgehead atoms. The van der Waals surface area contributed by atoms with Crippen molar-refractivity contribution in [3.8, 4) is 11.3 Å². The van der Waals surface area contributed by atoms with Crippen molar-refractivity contribution in [2.75, 3.05) is 5.32 Å². The van der Waals surface area contributed by atoms with Gasteiger partial charge in [-0.2, -0.15) is 0 Å². The number of carbonyl (C=O) groups is 1. The molecule has 0 aliphatic carbocycles. The molecule has 0 radical (unpaired) electrons. The number of aromatic nitrogens is 2. The Hall–Kier alpha value is -3.84. The van der Waals surface area contributed by atoms with Crippen LogP contribution in [0.5, 0.6) is 0 Å². The molecule has 0 saturated heterocycles. The number of para-hydroxylation sites is 1. The maximum absolute atomic E-state index is 13.0. The van der Waals surface area contributed by atoms with Crippen molar-refractivity contribution in [1.29, 1.82) is 0 Å². The Morgan fingerprint density at radius 3 is 2.45 bits per heavy atom. The average molecular weight is 428 g/mol. The lowest BCUT2D eigenvalue weighted by Gasteiger charge is -2.14. The fraction of sp³-hybridized carbons (Fsp3) is 0.0833. The Bertz CT molecular complexity index is 1270. The minimum atomic E-state index is -0.307. The summed E-state index contributed by atoms with van der Waals surface area (Å²) in [5.74, 6) is -0.307. The molecule has 4 rings (SSSR count). The van der Waals surface area contributed by atoms with Gasteiger partial charge in [0.15, 0.2) is 5.11 Å². The molecule has 0 saturated carbocycles. The minimum Gasteiger partial charge on any atom is -0.331 e. The number of fused-ring (bicyclic) bond motifs is 1. The van der Waals surface area contributed by atoms with Crippen LogP contribution in [0.15, 0.2) is 73.1 Å². The van der Waals surface area contributed by atoms with Crippen molar-refractivity contribution in [3.63, 3.8) is 0 Å². The van der Waals surface area contributed by atoms with E-state index in [1.807, 2.05) is 61.5 Å². The summed E-state index contributed by atoms with van der Waals surface area (Å²) in [5, 5.41) is 4.13. The van der Waals surface area contributed by atoms with Gasteiger partial charge in [-0.25, -0.2) is 4.98 Å². The van der Waals surface area contributed by atoms with Crippen molar-refractivity contribution in [2.24, 2.45) is 0 Å². The van der Waals surface area contributed by atoms with Crippen molar-refractivity contribution in [2.45, 2.75) is 13.8 Å². The molecule has 3 N–H and O–H groups in total. The van der Waals surface area contributed by atoms with Crippen LogP contribution in [0.4, 0.5) is 5.69 Å². The number of amides is 1. The number of hydrogen-bond donors (Lipinski definition) is 3. The third-order valence-corrected chi connectivity index (χ3v) is 5.20. The molecule has 1 amide bonds.